The minimum atomic E-state index is -3.28. The third kappa shape index (κ3) is 5.99. The fraction of sp³-hybridized carbons (Fsp3) is 0.350. The molecule has 0 saturated heterocycles. The van der Waals surface area contributed by atoms with Gasteiger partial charge in [0, 0.05) is 29.2 Å². The molecule has 7 nitrogen and oxygen atoms in total. The number of nitrogens with zero attached hydrogens (tertiary/aromatic N) is 2. The molecule has 0 spiro atoms. The summed E-state index contributed by atoms with van der Waals surface area (Å²) in [4.78, 5) is 20.2. The first-order valence-electron chi connectivity index (χ1n) is 9.26. The number of hydrogen-bond acceptors (Lipinski definition) is 6. The van der Waals surface area contributed by atoms with Crippen molar-refractivity contribution in [2.75, 3.05) is 6.26 Å². The molecule has 2 aromatic rings. The van der Waals surface area contributed by atoms with Crippen molar-refractivity contribution >= 4 is 27.3 Å². The van der Waals surface area contributed by atoms with Gasteiger partial charge in [-0.05, 0) is 25.8 Å². The Morgan fingerprint density at radius 1 is 1.33 bits per heavy atom. The number of sulfone groups is 1. The first kappa shape index (κ1) is 22.2. The summed E-state index contributed by atoms with van der Waals surface area (Å²) in [6.45, 7) is 1.63. The molecule has 0 bridgehead atoms. The highest BCUT2D eigenvalue weighted by atomic mass is 35.5. The average molecular weight is 454 g/mol. The molecule has 0 radical (unpaired) electrons. The van der Waals surface area contributed by atoms with Gasteiger partial charge in [-0.25, -0.2) is 22.8 Å². The van der Waals surface area contributed by atoms with Gasteiger partial charge in [-0.2, -0.15) is 0 Å². The first-order valence-corrected chi connectivity index (χ1v) is 11.6. The second-order valence-electron chi connectivity index (χ2n) is 7.18. The first-order chi connectivity index (χ1) is 14.1. The molecule has 1 N–H and O–H groups in total. The Morgan fingerprint density at radius 3 is 2.60 bits per heavy atom. The normalized spacial score (nSPS) is 16.3. The van der Waals surface area contributed by atoms with E-state index in [-0.39, 0.29) is 16.8 Å². The van der Waals surface area contributed by atoms with Crippen LogP contribution < -0.4 is 10.1 Å². The molecule has 10 heteroatoms. The molecule has 1 aliphatic rings. The molecule has 0 unspecified atom stereocenters. The second-order valence-corrected chi connectivity index (χ2v) is 9.49. The molecule has 30 heavy (non-hydrogen) atoms. The maximum Gasteiger partial charge on any atom is 0.289 e. The van der Waals surface area contributed by atoms with Crippen LogP contribution in [0.4, 0.5) is 4.39 Å². The van der Waals surface area contributed by atoms with E-state index in [1.807, 2.05) is 0 Å². The Bertz CT molecular complexity index is 1060. The van der Waals surface area contributed by atoms with E-state index in [0.29, 0.717) is 11.3 Å². The number of nitrogens with one attached hydrogen (secondary N) is 1. The number of halogens is 2. The van der Waals surface area contributed by atoms with Crippen LogP contribution in [-0.2, 0) is 9.84 Å². The maximum absolute atomic E-state index is 13.8. The van der Waals surface area contributed by atoms with E-state index in [4.69, 9.17) is 16.3 Å². The van der Waals surface area contributed by atoms with E-state index >= 15 is 0 Å². The molecule has 1 amide bonds. The highest BCUT2D eigenvalue weighted by Crippen LogP contribution is 2.45. The van der Waals surface area contributed by atoms with Crippen LogP contribution in [0, 0.1) is 11.7 Å². The van der Waals surface area contributed by atoms with E-state index in [1.165, 1.54) is 24.5 Å². The molecule has 1 fully saturated rings. The summed E-state index contributed by atoms with van der Waals surface area (Å²) < 4.78 is 42.1. The number of benzene rings is 1. The Balaban J connectivity index is 1.68. The Kier molecular flexibility index (Phi) is 6.72. The van der Waals surface area contributed by atoms with Crippen molar-refractivity contribution in [3.05, 3.63) is 64.3 Å². The van der Waals surface area contributed by atoms with Crippen molar-refractivity contribution in [3.8, 4) is 5.75 Å². The van der Waals surface area contributed by atoms with Crippen molar-refractivity contribution in [2.24, 2.45) is 5.92 Å². The van der Waals surface area contributed by atoms with E-state index in [9.17, 15) is 17.6 Å². The zero-order chi connectivity index (χ0) is 21.9. The van der Waals surface area contributed by atoms with Gasteiger partial charge < -0.3 is 10.1 Å². The lowest BCUT2D eigenvalue weighted by Crippen LogP contribution is -2.32. The molecule has 1 aliphatic carbocycles. The smallest absolute Gasteiger partial charge is 0.289 e. The van der Waals surface area contributed by atoms with Crippen LogP contribution in [0.1, 0.15) is 42.1 Å². The van der Waals surface area contributed by atoms with Crippen LogP contribution in [0.15, 0.2) is 42.1 Å². The summed E-state index contributed by atoms with van der Waals surface area (Å²) in [5, 5.41) is 3.63. The van der Waals surface area contributed by atoms with Crippen LogP contribution in [-0.4, -0.2) is 36.6 Å². The van der Waals surface area contributed by atoms with Crippen LogP contribution in [0.5, 0.6) is 5.75 Å². The summed E-state index contributed by atoms with van der Waals surface area (Å²) in [7, 11) is -3.28. The predicted octanol–water partition coefficient (Wildman–Crippen LogP) is 3.48. The maximum atomic E-state index is 13.8. The van der Waals surface area contributed by atoms with Crippen molar-refractivity contribution < 1.29 is 22.3 Å². The Hall–Kier alpha value is -2.52. The quantitative estimate of drug-likeness (QED) is 0.657. The van der Waals surface area contributed by atoms with Crippen LogP contribution in [0.3, 0.4) is 0 Å². The SMILES string of the molecule is C[C@H](/C=C/S(C)(=O)=O)NC(=O)c1ncc(O[C@@H](c2cccc(F)c2Cl)C2CC2)cn1. The van der Waals surface area contributed by atoms with E-state index < -0.39 is 33.7 Å². The van der Waals surface area contributed by atoms with Crippen LogP contribution >= 0.6 is 11.6 Å². The molecule has 160 valence electrons. The molecule has 3 rings (SSSR count). The van der Waals surface area contributed by atoms with Crippen molar-refractivity contribution in [1.29, 1.82) is 0 Å². The summed E-state index contributed by atoms with van der Waals surface area (Å²) in [5.41, 5.74) is 0.562. The standard InChI is InChI=1S/C20H21ClFN3O4S/c1-12(8-9-30(2,27)28)25-20(26)19-23-10-14(11-24-19)29-18(13-6-7-13)15-4-3-5-16(22)17(15)21/h3-5,8-13,18H,6-7H2,1-2H3,(H,25,26)/b9-8+/t12-,18-/m1/s1. The number of carbonyl (C=O) groups is 1. The lowest BCUT2D eigenvalue weighted by atomic mass is 10.0. The fourth-order valence-corrected chi connectivity index (χ4v) is 3.53. The van der Waals surface area contributed by atoms with E-state index in [2.05, 4.69) is 15.3 Å². The number of aromatic nitrogens is 2. The number of rotatable bonds is 8. The molecule has 1 saturated carbocycles. The van der Waals surface area contributed by atoms with Gasteiger partial charge in [-0.1, -0.05) is 29.8 Å². The number of amides is 1. The third-order valence-electron chi connectivity index (χ3n) is 4.41. The van der Waals surface area contributed by atoms with Crippen molar-refractivity contribution in [1.82, 2.24) is 15.3 Å². The van der Waals surface area contributed by atoms with Gasteiger partial charge in [0.05, 0.1) is 17.4 Å². The summed E-state index contributed by atoms with van der Waals surface area (Å²) >= 11 is 6.11. The van der Waals surface area contributed by atoms with Gasteiger partial charge in [0.1, 0.15) is 11.9 Å². The molecule has 1 aromatic carbocycles. The van der Waals surface area contributed by atoms with Gasteiger partial charge in [0.25, 0.3) is 5.91 Å². The van der Waals surface area contributed by atoms with Gasteiger partial charge in [0.15, 0.2) is 15.6 Å². The molecular weight excluding hydrogens is 433 g/mol. The van der Waals surface area contributed by atoms with E-state index in [0.717, 1.165) is 24.5 Å². The Labute approximate surface area is 179 Å². The number of hydrogen-bond donors (Lipinski definition) is 1. The number of carbonyl (C=O) groups excluding carboxylic acids is 1. The van der Waals surface area contributed by atoms with Crippen molar-refractivity contribution in [2.45, 2.75) is 31.9 Å². The minimum Gasteiger partial charge on any atom is -0.482 e. The summed E-state index contributed by atoms with van der Waals surface area (Å²) in [5.74, 6) is -0.609. The Morgan fingerprint density at radius 2 is 2.00 bits per heavy atom. The van der Waals surface area contributed by atoms with Crippen molar-refractivity contribution in [3.63, 3.8) is 0 Å². The zero-order valence-corrected chi connectivity index (χ0v) is 18.0. The van der Waals surface area contributed by atoms with Gasteiger partial charge in [-0.3, -0.25) is 4.79 Å². The topological polar surface area (TPSA) is 98.2 Å². The predicted molar refractivity (Wildman–Crippen MR) is 110 cm³/mol. The zero-order valence-electron chi connectivity index (χ0n) is 16.4. The molecule has 2 atom stereocenters. The van der Waals surface area contributed by atoms with Gasteiger partial charge >= 0.3 is 0 Å². The average Bonchev–Trinajstić information content (AvgIpc) is 3.52. The fourth-order valence-electron chi connectivity index (χ4n) is 2.77. The van der Waals surface area contributed by atoms with E-state index in [1.54, 1.807) is 19.1 Å². The lowest BCUT2D eigenvalue weighted by Gasteiger charge is -2.20. The van der Waals surface area contributed by atoms with Crippen LogP contribution in [0.2, 0.25) is 5.02 Å². The van der Waals surface area contributed by atoms with Gasteiger partial charge in [0.2, 0.25) is 5.82 Å². The monoisotopic (exact) mass is 453 g/mol. The lowest BCUT2D eigenvalue weighted by molar-refractivity contribution is 0.0936. The summed E-state index contributed by atoms with van der Waals surface area (Å²) in [6.07, 6.45) is 6.59. The highest BCUT2D eigenvalue weighted by molar-refractivity contribution is 7.93. The molecular formula is C20H21ClFN3O4S. The third-order valence-corrected chi connectivity index (χ3v) is 5.46. The van der Waals surface area contributed by atoms with Crippen LogP contribution in [0.25, 0.3) is 0 Å². The number of ether oxygens (including phenoxy) is 1. The molecule has 1 heterocycles. The largest absolute Gasteiger partial charge is 0.482 e. The van der Waals surface area contributed by atoms with Gasteiger partial charge in [-0.15, -0.1) is 0 Å². The second kappa shape index (κ2) is 9.09. The molecule has 0 aliphatic heterocycles. The summed E-state index contributed by atoms with van der Waals surface area (Å²) in [6, 6.07) is 4.07. The molecule has 1 aromatic heterocycles. The highest BCUT2D eigenvalue weighted by Gasteiger charge is 2.36. The minimum absolute atomic E-state index is 0.0300.